The Morgan fingerprint density at radius 3 is 2.72 bits per heavy atom. The third-order valence-corrected chi connectivity index (χ3v) is 2.67. The number of hydrogen-bond donors (Lipinski definition) is 0. The van der Waals surface area contributed by atoms with Crippen molar-refractivity contribution in [3.63, 3.8) is 0 Å². The van der Waals surface area contributed by atoms with Crippen LogP contribution in [0.15, 0.2) is 47.2 Å². The molecule has 94 valence electrons. The highest BCUT2D eigenvalue weighted by Gasteiger charge is 2.21. The van der Waals surface area contributed by atoms with Gasteiger partial charge in [0.2, 0.25) is 0 Å². The number of amides is 1. The first-order valence-electron chi connectivity index (χ1n) is 5.93. The molecule has 0 fully saturated rings. The lowest BCUT2D eigenvalue weighted by atomic mass is 10.2. The molecule has 0 N–H and O–H groups in total. The highest BCUT2D eigenvalue weighted by atomic mass is 16.3. The van der Waals surface area contributed by atoms with Crippen LogP contribution in [0.2, 0.25) is 0 Å². The zero-order valence-corrected chi connectivity index (χ0v) is 10.5. The molecule has 2 aromatic rings. The van der Waals surface area contributed by atoms with E-state index in [0.717, 1.165) is 5.69 Å². The molecule has 2 aromatic heterocycles. The summed E-state index contributed by atoms with van der Waals surface area (Å²) in [6.07, 6.45) is 3.23. The smallest absolute Gasteiger partial charge is 0.290 e. The molecule has 0 unspecified atom stereocenters. The van der Waals surface area contributed by atoms with E-state index in [-0.39, 0.29) is 11.9 Å². The Morgan fingerprint density at radius 2 is 2.17 bits per heavy atom. The lowest BCUT2D eigenvalue weighted by molar-refractivity contribution is 0.0655. The van der Waals surface area contributed by atoms with Gasteiger partial charge in [0.25, 0.3) is 5.91 Å². The zero-order valence-electron chi connectivity index (χ0n) is 10.5. The maximum absolute atomic E-state index is 12.3. The van der Waals surface area contributed by atoms with Crippen LogP contribution in [0.1, 0.15) is 30.1 Å². The fourth-order valence-electron chi connectivity index (χ4n) is 1.70. The van der Waals surface area contributed by atoms with Gasteiger partial charge in [-0.1, -0.05) is 6.07 Å². The number of hydrogen-bond acceptors (Lipinski definition) is 3. The summed E-state index contributed by atoms with van der Waals surface area (Å²) < 4.78 is 5.15. The summed E-state index contributed by atoms with van der Waals surface area (Å²) in [5, 5.41) is 0. The van der Waals surface area contributed by atoms with Crippen LogP contribution >= 0.6 is 0 Å². The second kappa shape index (κ2) is 5.49. The lowest BCUT2D eigenvalue weighted by Crippen LogP contribution is -2.36. The molecule has 0 saturated heterocycles. The van der Waals surface area contributed by atoms with Crippen LogP contribution < -0.4 is 0 Å². The Labute approximate surface area is 106 Å². The van der Waals surface area contributed by atoms with Crippen LogP contribution in [-0.2, 0) is 6.54 Å². The molecule has 0 aliphatic rings. The minimum atomic E-state index is -0.111. The van der Waals surface area contributed by atoms with Gasteiger partial charge in [0.1, 0.15) is 0 Å². The number of furan rings is 1. The Morgan fingerprint density at radius 1 is 1.33 bits per heavy atom. The Kier molecular flexibility index (Phi) is 3.77. The lowest BCUT2D eigenvalue weighted by Gasteiger charge is -2.25. The second-order valence-corrected chi connectivity index (χ2v) is 4.33. The van der Waals surface area contributed by atoms with Crippen molar-refractivity contribution in [2.45, 2.75) is 26.4 Å². The molecule has 0 aromatic carbocycles. The predicted molar refractivity (Wildman–Crippen MR) is 68.0 cm³/mol. The Balaban J connectivity index is 2.17. The molecular weight excluding hydrogens is 228 g/mol. The van der Waals surface area contributed by atoms with E-state index in [9.17, 15) is 4.79 Å². The third-order valence-electron chi connectivity index (χ3n) is 2.67. The number of carbonyl (C=O) groups is 1. The Bertz CT molecular complexity index is 492. The van der Waals surface area contributed by atoms with Gasteiger partial charge >= 0.3 is 0 Å². The molecule has 2 heterocycles. The standard InChI is InChI=1S/C14H16N2O2/c1-11(2)16(10-12-6-3-4-8-15-12)14(17)13-7-5-9-18-13/h3-9,11H,10H2,1-2H3. The Hall–Kier alpha value is -2.10. The van der Waals surface area contributed by atoms with E-state index in [1.165, 1.54) is 6.26 Å². The van der Waals surface area contributed by atoms with Crippen molar-refractivity contribution in [1.29, 1.82) is 0 Å². The average Bonchev–Trinajstić information content (AvgIpc) is 2.90. The van der Waals surface area contributed by atoms with Gasteiger partial charge in [-0.05, 0) is 38.1 Å². The van der Waals surface area contributed by atoms with E-state index in [4.69, 9.17) is 4.42 Å². The van der Waals surface area contributed by atoms with Crippen molar-refractivity contribution in [2.75, 3.05) is 0 Å². The molecule has 0 radical (unpaired) electrons. The fraction of sp³-hybridized carbons (Fsp3) is 0.286. The summed E-state index contributed by atoms with van der Waals surface area (Å²) in [6, 6.07) is 9.16. The van der Waals surface area contributed by atoms with E-state index in [1.807, 2.05) is 32.0 Å². The van der Waals surface area contributed by atoms with Gasteiger partial charge in [0.15, 0.2) is 5.76 Å². The molecule has 2 rings (SSSR count). The topological polar surface area (TPSA) is 46.3 Å². The van der Waals surface area contributed by atoms with E-state index < -0.39 is 0 Å². The fourth-order valence-corrected chi connectivity index (χ4v) is 1.70. The summed E-state index contributed by atoms with van der Waals surface area (Å²) in [6.45, 7) is 4.44. The van der Waals surface area contributed by atoms with E-state index in [2.05, 4.69) is 4.98 Å². The van der Waals surface area contributed by atoms with Crippen LogP contribution in [0.25, 0.3) is 0 Å². The average molecular weight is 244 g/mol. The SMILES string of the molecule is CC(C)N(Cc1ccccn1)C(=O)c1ccco1. The summed E-state index contributed by atoms with van der Waals surface area (Å²) in [5.74, 6) is 0.250. The minimum Gasteiger partial charge on any atom is -0.459 e. The van der Waals surface area contributed by atoms with Crippen molar-refractivity contribution in [1.82, 2.24) is 9.88 Å². The van der Waals surface area contributed by atoms with E-state index in [1.54, 1.807) is 23.2 Å². The first-order valence-corrected chi connectivity index (χ1v) is 5.93. The first kappa shape index (κ1) is 12.4. The van der Waals surface area contributed by atoms with Gasteiger partial charge in [0.05, 0.1) is 18.5 Å². The molecule has 0 bridgehead atoms. The summed E-state index contributed by atoms with van der Waals surface area (Å²) in [4.78, 5) is 18.2. The van der Waals surface area contributed by atoms with Gasteiger partial charge in [0, 0.05) is 12.2 Å². The maximum atomic E-state index is 12.3. The molecule has 1 amide bonds. The van der Waals surface area contributed by atoms with Crippen molar-refractivity contribution >= 4 is 5.91 Å². The number of aromatic nitrogens is 1. The van der Waals surface area contributed by atoms with Crippen LogP contribution in [0.3, 0.4) is 0 Å². The van der Waals surface area contributed by atoms with E-state index in [0.29, 0.717) is 12.3 Å². The minimum absolute atomic E-state index is 0.0876. The number of rotatable bonds is 4. The van der Waals surface area contributed by atoms with Crippen molar-refractivity contribution in [3.05, 3.63) is 54.2 Å². The third kappa shape index (κ3) is 2.77. The van der Waals surface area contributed by atoms with Crippen molar-refractivity contribution in [3.8, 4) is 0 Å². The normalized spacial score (nSPS) is 10.6. The van der Waals surface area contributed by atoms with Crippen molar-refractivity contribution in [2.24, 2.45) is 0 Å². The number of carbonyl (C=O) groups excluding carboxylic acids is 1. The zero-order chi connectivity index (χ0) is 13.0. The van der Waals surface area contributed by atoms with Crippen LogP contribution in [-0.4, -0.2) is 21.8 Å². The van der Waals surface area contributed by atoms with Crippen LogP contribution in [0.4, 0.5) is 0 Å². The monoisotopic (exact) mass is 244 g/mol. The van der Waals surface area contributed by atoms with Gasteiger partial charge in [-0.3, -0.25) is 9.78 Å². The highest BCUT2D eigenvalue weighted by Crippen LogP contribution is 2.12. The molecular formula is C14H16N2O2. The summed E-state index contributed by atoms with van der Waals surface area (Å²) in [7, 11) is 0. The molecule has 0 aliphatic carbocycles. The molecule has 0 aliphatic heterocycles. The highest BCUT2D eigenvalue weighted by molar-refractivity contribution is 5.91. The van der Waals surface area contributed by atoms with Crippen LogP contribution in [0, 0.1) is 0 Å². The van der Waals surface area contributed by atoms with Crippen LogP contribution in [0.5, 0.6) is 0 Å². The maximum Gasteiger partial charge on any atom is 0.290 e. The van der Waals surface area contributed by atoms with Gasteiger partial charge in [-0.25, -0.2) is 0 Å². The van der Waals surface area contributed by atoms with Gasteiger partial charge in [-0.15, -0.1) is 0 Å². The summed E-state index contributed by atoms with van der Waals surface area (Å²) >= 11 is 0. The molecule has 4 nitrogen and oxygen atoms in total. The molecule has 0 atom stereocenters. The molecule has 0 saturated carbocycles. The van der Waals surface area contributed by atoms with Crippen molar-refractivity contribution < 1.29 is 9.21 Å². The predicted octanol–water partition coefficient (Wildman–Crippen LogP) is 2.73. The molecule has 4 heteroatoms. The summed E-state index contributed by atoms with van der Waals surface area (Å²) in [5.41, 5.74) is 0.867. The second-order valence-electron chi connectivity index (χ2n) is 4.33. The van der Waals surface area contributed by atoms with Gasteiger partial charge < -0.3 is 9.32 Å². The molecule has 0 spiro atoms. The number of nitrogens with zero attached hydrogens (tertiary/aromatic N) is 2. The first-order chi connectivity index (χ1) is 8.68. The largest absolute Gasteiger partial charge is 0.459 e. The quantitative estimate of drug-likeness (QED) is 0.830. The van der Waals surface area contributed by atoms with E-state index >= 15 is 0 Å². The number of pyridine rings is 1. The van der Waals surface area contributed by atoms with Gasteiger partial charge in [-0.2, -0.15) is 0 Å². The molecule has 18 heavy (non-hydrogen) atoms.